The van der Waals surface area contributed by atoms with Gasteiger partial charge in [-0.15, -0.1) is 0 Å². The molecule has 2 fully saturated rings. The van der Waals surface area contributed by atoms with E-state index in [1.54, 1.807) is 4.90 Å². The molecule has 0 radical (unpaired) electrons. The predicted molar refractivity (Wildman–Crippen MR) is 54.3 cm³/mol. The molecule has 0 aromatic heterocycles. The van der Waals surface area contributed by atoms with Crippen LogP contribution >= 0.6 is 0 Å². The average molecular weight is 211 g/mol. The molecular weight excluding hydrogens is 194 g/mol. The van der Waals surface area contributed by atoms with E-state index >= 15 is 0 Å². The monoisotopic (exact) mass is 211 g/mol. The number of aliphatic carboxylic acids is 1. The van der Waals surface area contributed by atoms with Crippen molar-refractivity contribution in [1.82, 2.24) is 4.90 Å². The van der Waals surface area contributed by atoms with E-state index in [0.717, 1.165) is 25.8 Å². The van der Waals surface area contributed by atoms with Gasteiger partial charge in [0.05, 0.1) is 5.92 Å². The number of likely N-dealkylation sites (tertiary alicyclic amines) is 1. The largest absolute Gasteiger partial charge is 0.481 e. The fourth-order valence-corrected chi connectivity index (χ4v) is 2.15. The molecule has 15 heavy (non-hydrogen) atoms. The first-order valence-electron chi connectivity index (χ1n) is 5.55. The van der Waals surface area contributed by atoms with E-state index in [4.69, 9.17) is 5.11 Å². The van der Waals surface area contributed by atoms with Crippen LogP contribution in [0.4, 0.5) is 0 Å². The lowest BCUT2D eigenvalue weighted by Gasteiger charge is -2.32. The Kier molecular flexibility index (Phi) is 2.44. The van der Waals surface area contributed by atoms with E-state index in [9.17, 15) is 9.59 Å². The SMILES string of the molecule is CC1(C(=O)N2CCC[C@@H](C(=O)O)C2)CC1. The van der Waals surface area contributed by atoms with E-state index in [1.807, 2.05) is 6.92 Å². The molecule has 1 heterocycles. The standard InChI is InChI=1S/C11H17NO3/c1-11(4-5-11)10(15)12-6-2-3-8(7-12)9(13)14/h8H,2-7H2,1H3,(H,13,14)/t8-/m1/s1. The van der Waals surface area contributed by atoms with Gasteiger partial charge in [-0.3, -0.25) is 9.59 Å². The van der Waals surface area contributed by atoms with Crippen molar-refractivity contribution in [3.63, 3.8) is 0 Å². The first-order chi connectivity index (χ1) is 7.03. The minimum atomic E-state index is -0.770. The molecule has 0 aromatic carbocycles. The molecule has 4 heteroatoms. The van der Waals surface area contributed by atoms with Crippen LogP contribution in [0.1, 0.15) is 32.6 Å². The number of carboxylic acid groups (broad SMARTS) is 1. The molecule has 4 nitrogen and oxygen atoms in total. The third-order valence-electron chi connectivity index (χ3n) is 3.57. The van der Waals surface area contributed by atoms with Crippen molar-refractivity contribution in [2.24, 2.45) is 11.3 Å². The molecule has 1 N–H and O–H groups in total. The molecule has 1 saturated carbocycles. The van der Waals surface area contributed by atoms with E-state index in [-0.39, 0.29) is 17.2 Å². The molecule has 2 rings (SSSR count). The van der Waals surface area contributed by atoms with Crippen molar-refractivity contribution >= 4 is 11.9 Å². The van der Waals surface area contributed by atoms with Crippen molar-refractivity contribution in [2.75, 3.05) is 13.1 Å². The van der Waals surface area contributed by atoms with E-state index in [0.29, 0.717) is 13.0 Å². The number of hydrogen-bond donors (Lipinski definition) is 1. The quantitative estimate of drug-likeness (QED) is 0.744. The van der Waals surface area contributed by atoms with Crippen LogP contribution in [0.5, 0.6) is 0 Å². The van der Waals surface area contributed by atoms with E-state index < -0.39 is 5.97 Å². The Morgan fingerprint density at radius 1 is 1.40 bits per heavy atom. The highest BCUT2D eigenvalue weighted by Gasteiger charge is 2.47. The summed E-state index contributed by atoms with van der Waals surface area (Å²) in [6, 6.07) is 0. The van der Waals surface area contributed by atoms with Crippen LogP contribution in [-0.4, -0.2) is 35.0 Å². The van der Waals surface area contributed by atoms with Crippen LogP contribution in [0.2, 0.25) is 0 Å². The summed E-state index contributed by atoms with van der Waals surface area (Å²) >= 11 is 0. The Morgan fingerprint density at radius 2 is 2.07 bits per heavy atom. The third-order valence-corrected chi connectivity index (χ3v) is 3.57. The van der Waals surface area contributed by atoms with Gasteiger partial charge in [0, 0.05) is 18.5 Å². The molecule has 84 valence electrons. The van der Waals surface area contributed by atoms with Gasteiger partial charge >= 0.3 is 5.97 Å². The van der Waals surface area contributed by atoms with Gasteiger partial charge in [-0.05, 0) is 25.7 Å². The number of piperidine rings is 1. The molecule has 0 spiro atoms. The highest BCUT2D eigenvalue weighted by molar-refractivity contribution is 5.85. The highest BCUT2D eigenvalue weighted by atomic mass is 16.4. The molecule has 0 bridgehead atoms. The first kappa shape index (κ1) is 10.5. The van der Waals surface area contributed by atoms with Crippen LogP contribution in [0.3, 0.4) is 0 Å². The first-order valence-corrected chi connectivity index (χ1v) is 5.55. The molecule has 1 atom stereocenters. The number of amides is 1. The maximum Gasteiger partial charge on any atom is 0.308 e. The second-order valence-electron chi connectivity index (χ2n) is 4.99. The molecule has 1 aliphatic heterocycles. The summed E-state index contributed by atoms with van der Waals surface area (Å²) in [5.74, 6) is -0.966. The topological polar surface area (TPSA) is 57.6 Å². The summed E-state index contributed by atoms with van der Waals surface area (Å²) in [5, 5.41) is 8.92. The number of rotatable bonds is 2. The van der Waals surface area contributed by atoms with Crippen molar-refractivity contribution in [3.05, 3.63) is 0 Å². The predicted octanol–water partition coefficient (Wildman–Crippen LogP) is 1.11. The van der Waals surface area contributed by atoms with Crippen LogP contribution in [0, 0.1) is 11.3 Å². The van der Waals surface area contributed by atoms with Crippen LogP contribution < -0.4 is 0 Å². The van der Waals surface area contributed by atoms with E-state index in [1.165, 1.54) is 0 Å². The normalized spacial score (nSPS) is 28.6. The summed E-state index contributed by atoms with van der Waals surface area (Å²) in [6.07, 6.45) is 3.44. The maximum atomic E-state index is 12.0. The molecule has 2 aliphatic rings. The number of carboxylic acids is 1. The van der Waals surface area contributed by atoms with Crippen molar-refractivity contribution in [2.45, 2.75) is 32.6 Å². The minimum absolute atomic E-state index is 0.161. The zero-order valence-corrected chi connectivity index (χ0v) is 9.03. The van der Waals surface area contributed by atoms with Crippen molar-refractivity contribution in [3.8, 4) is 0 Å². The summed E-state index contributed by atoms with van der Waals surface area (Å²) in [7, 11) is 0. The van der Waals surface area contributed by atoms with Gasteiger partial charge in [0.25, 0.3) is 0 Å². The number of carbonyl (C=O) groups is 2. The van der Waals surface area contributed by atoms with Crippen molar-refractivity contribution in [1.29, 1.82) is 0 Å². The zero-order valence-electron chi connectivity index (χ0n) is 9.03. The Balaban J connectivity index is 1.98. The lowest BCUT2D eigenvalue weighted by molar-refractivity contribution is -0.147. The summed E-state index contributed by atoms with van der Waals surface area (Å²) in [6.45, 7) is 3.11. The summed E-state index contributed by atoms with van der Waals surface area (Å²) in [4.78, 5) is 24.6. The van der Waals surface area contributed by atoms with Gasteiger partial charge < -0.3 is 10.0 Å². The fraction of sp³-hybridized carbons (Fsp3) is 0.818. The minimum Gasteiger partial charge on any atom is -0.481 e. The van der Waals surface area contributed by atoms with E-state index in [2.05, 4.69) is 0 Å². The average Bonchev–Trinajstić information content (AvgIpc) is 2.97. The molecule has 0 unspecified atom stereocenters. The molecule has 1 aliphatic carbocycles. The second-order valence-corrected chi connectivity index (χ2v) is 4.99. The molecule has 1 saturated heterocycles. The van der Waals surface area contributed by atoms with Crippen LogP contribution in [0.25, 0.3) is 0 Å². The fourth-order valence-electron chi connectivity index (χ4n) is 2.15. The number of hydrogen-bond acceptors (Lipinski definition) is 2. The van der Waals surface area contributed by atoms with Gasteiger partial charge in [-0.1, -0.05) is 6.92 Å². The lowest BCUT2D eigenvalue weighted by Crippen LogP contribution is -2.45. The third kappa shape index (κ3) is 1.98. The Morgan fingerprint density at radius 3 is 2.60 bits per heavy atom. The van der Waals surface area contributed by atoms with Gasteiger partial charge in [-0.2, -0.15) is 0 Å². The summed E-state index contributed by atoms with van der Waals surface area (Å²) in [5.41, 5.74) is -0.166. The number of nitrogens with zero attached hydrogens (tertiary/aromatic N) is 1. The van der Waals surface area contributed by atoms with Gasteiger partial charge in [0.15, 0.2) is 0 Å². The van der Waals surface area contributed by atoms with Gasteiger partial charge in [-0.25, -0.2) is 0 Å². The molecule has 1 amide bonds. The maximum absolute atomic E-state index is 12.0. The Labute approximate surface area is 89.3 Å². The Bertz CT molecular complexity index is 296. The smallest absolute Gasteiger partial charge is 0.308 e. The van der Waals surface area contributed by atoms with Crippen molar-refractivity contribution < 1.29 is 14.7 Å². The zero-order chi connectivity index (χ0) is 11.1. The van der Waals surface area contributed by atoms with Gasteiger partial charge in [0.1, 0.15) is 0 Å². The summed E-state index contributed by atoms with van der Waals surface area (Å²) < 4.78 is 0. The Hall–Kier alpha value is -1.06. The highest BCUT2D eigenvalue weighted by Crippen LogP contribution is 2.46. The van der Waals surface area contributed by atoms with Gasteiger partial charge in [0.2, 0.25) is 5.91 Å². The van der Waals surface area contributed by atoms with Crippen LogP contribution in [0.15, 0.2) is 0 Å². The molecular formula is C11H17NO3. The molecule has 0 aromatic rings. The lowest BCUT2D eigenvalue weighted by atomic mass is 9.96. The second kappa shape index (κ2) is 3.51. The number of carbonyl (C=O) groups excluding carboxylic acids is 1. The van der Waals surface area contributed by atoms with Crippen LogP contribution in [-0.2, 0) is 9.59 Å².